The molecule has 2 aliphatic rings. The molecule has 0 aromatic carbocycles. The summed E-state index contributed by atoms with van der Waals surface area (Å²) in [7, 11) is 0. The van der Waals surface area contributed by atoms with E-state index in [4.69, 9.17) is 5.26 Å². The molecule has 1 aromatic rings. The van der Waals surface area contributed by atoms with Gasteiger partial charge in [0.15, 0.2) is 5.69 Å². The molecule has 2 heterocycles. The van der Waals surface area contributed by atoms with E-state index >= 15 is 0 Å². The van der Waals surface area contributed by atoms with E-state index in [-0.39, 0.29) is 6.10 Å². The number of rotatable bonds is 3. The maximum absolute atomic E-state index is 10.2. The third kappa shape index (κ3) is 3.54. The number of aliphatic hydroxyl groups excluding tert-OH is 1. The van der Waals surface area contributed by atoms with Crippen LogP contribution >= 0.6 is 0 Å². The maximum atomic E-state index is 10.2. The first-order valence-electron chi connectivity index (χ1n) is 8.19. The minimum Gasteiger partial charge on any atom is -0.391 e. The number of nitrogens with zero attached hydrogens (tertiary/aromatic N) is 4. The lowest BCUT2D eigenvalue weighted by atomic mass is 9.89. The van der Waals surface area contributed by atoms with E-state index in [1.165, 1.54) is 6.42 Å². The van der Waals surface area contributed by atoms with Gasteiger partial charge in [0.25, 0.3) is 0 Å². The van der Waals surface area contributed by atoms with Gasteiger partial charge < -0.3 is 10.4 Å². The van der Waals surface area contributed by atoms with Gasteiger partial charge in [-0.25, -0.2) is 0 Å². The van der Waals surface area contributed by atoms with Crippen molar-refractivity contribution in [3.8, 4) is 6.07 Å². The molecule has 1 saturated heterocycles. The average Bonchev–Trinajstić information content (AvgIpc) is 2.57. The number of hydrogen-bond donors (Lipinski definition) is 2. The van der Waals surface area contributed by atoms with Crippen molar-refractivity contribution in [1.82, 2.24) is 15.1 Å². The molecule has 3 rings (SSSR count). The Labute approximate surface area is 131 Å². The Balaban J connectivity index is 1.50. The van der Waals surface area contributed by atoms with Gasteiger partial charge in [0.05, 0.1) is 6.10 Å². The monoisotopic (exact) mass is 301 g/mol. The number of anilines is 1. The molecule has 1 aromatic heterocycles. The van der Waals surface area contributed by atoms with Crippen molar-refractivity contribution < 1.29 is 5.11 Å². The van der Waals surface area contributed by atoms with Gasteiger partial charge in [-0.2, -0.15) is 5.26 Å². The first kappa shape index (κ1) is 15.2. The number of likely N-dealkylation sites (tertiary alicyclic amines) is 1. The highest BCUT2D eigenvalue weighted by Crippen LogP contribution is 2.26. The van der Waals surface area contributed by atoms with Crippen LogP contribution in [0, 0.1) is 11.3 Å². The number of hydrogen-bond acceptors (Lipinski definition) is 6. The first-order chi connectivity index (χ1) is 10.8. The van der Waals surface area contributed by atoms with E-state index in [1.54, 1.807) is 6.07 Å². The Morgan fingerprint density at radius 3 is 2.55 bits per heavy atom. The lowest BCUT2D eigenvalue weighted by molar-refractivity contribution is 0.00992. The van der Waals surface area contributed by atoms with Gasteiger partial charge in [0.2, 0.25) is 0 Å². The molecular formula is C16H23N5O. The van der Waals surface area contributed by atoms with Crippen molar-refractivity contribution in [3.05, 3.63) is 17.8 Å². The summed E-state index contributed by atoms with van der Waals surface area (Å²) in [4.78, 5) is 2.45. The topological polar surface area (TPSA) is 85.1 Å². The molecule has 1 aliphatic heterocycles. The summed E-state index contributed by atoms with van der Waals surface area (Å²) in [6, 6.07) is 6.20. The van der Waals surface area contributed by atoms with E-state index in [0.29, 0.717) is 17.8 Å². The second kappa shape index (κ2) is 7.03. The SMILES string of the molecule is N#Cc1ccc(NC2CCN(C3CCCCC3O)CC2)nn1. The zero-order valence-electron chi connectivity index (χ0n) is 12.8. The normalized spacial score (nSPS) is 27.3. The van der Waals surface area contributed by atoms with Crippen LogP contribution in [0.2, 0.25) is 0 Å². The average molecular weight is 301 g/mol. The molecule has 6 heteroatoms. The summed E-state index contributed by atoms with van der Waals surface area (Å²) in [5, 5.41) is 30.2. The third-order valence-electron chi connectivity index (χ3n) is 4.82. The molecule has 0 radical (unpaired) electrons. The highest BCUT2D eigenvalue weighted by molar-refractivity contribution is 5.36. The molecule has 0 spiro atoms. The Morgan fingerprint density at radius 1 is 1.14 bits per heavy atom. The third-order valence-corrected chi connectivity index (χ3v) is 4.82. The van der Waals surface area contributed by atoms with Crippen molar-refractivity contribution in [2.45, 2.75) is 56.7 Å². The number of nitriles is 1. The molecule has 22 heavy (non-hydrogen) atoms. The number of aromatic nitrogens is 2. The summed E-state index contributed by atoms with van der Waals surface area (Å²) < 4.78 is 0. The van der Waals surface area contributed by atoms with Crippen molar-refractivity contribution >= 4 is 5.82 Å². The molecule has 118 valence electrons. The molecule has 0 bridgehead atoms. The van der Waals surface area contributed by atoms with Crippen LogP contribution in [-0.4, -0.2) is 51.5 Å². The summed E-state index contributed by atoms with van der Waals surface area (Å²) >= 11 is 0. The highest BCUT2D eigenvalue weighted by Gasteiger charge is 2.31. The van der Waals surface area contributed by atoms with Gasteiger partial charge in [-0.3, -0.25) is 4.90 Å². The summed E-state index contributed by atoms with van der Waals surface area (Å²) in [6.45, 7) is 2.03. The Morgan fingerprint density at radius 2 is 1.91 bits per heavy atom. The van der Waals surface area contributed by atoms with Crippen LogP contribution in [0.25, 0.3) is 0 Å². The minimum atomic E-state index is -0.150. The molecule has 2 N–H and O–H groups in total. The molecule has 6 nitrogen and oxygen atoms in total. The molecule has 1 saturated carbocycles. The van der Waals surface area contributed by atoms with Crippen LogP contribution in [0.3, 0.4) is 0 Å². The molecule has 2 atom stereocenters. The van der Waals surface area contributed by atoms with E-state index in [1.807, 2.05) is 12.1 Å². The Kier molecular flexibility index (Phi) is 4.86. The standard InChI is InChI=1S/C16H23N5O/c17-11-13-5-6-16(20-19-13)18-12-7-9-21(10-8-12)14-3-1-2-4-15(14)22/h5-6,12,14-15,22H,1-4,7-10H2,(H,18,20). The maximum Gasteiger partial charge on any atom is 0.163 e. The zero-order chi connectivity index (χ0) is 15.4. The Hall–Kier alpha value is -1.71. The highest BCUT2D eigenvalue weighted by atomic mass is 16.3. The van der Waals surface area contributed by atoms with Gasteiger partial charge in [0.1, 0.15) is 11.9 Å². The van der Waals surface area contributed by atoms with Gasteiger partial charge in [-0.15, -0.1) is 10.2 Å². The minimum absolute atomic E-state index is 0.150. The largest absolute Gasteiger partial charge is 0.391 e. The smallest absolute Gasteiger partial charge is 0.163 e. The van der Waals surface area contributed by atoms with E-state index in [2.05, 4.69) is 20.4 Å². The second-order valence-corrected chi connectivity index (χ2v) is 6.29. The fourth-order valence-electron chi connectivity index (χ4n) is 3.57. The summed E-state index contributed by atoms with van der Waals surface area (Å²) in [5.74, 6) is 0.732. The fraction of sp³-hybridized carbons (Fsp3) is 0.688. The Bertz CT molecular complexity index is 518. The van der Waals surface area contributed by atoms with Crippen LogP contribution in [-0.2, 0) is 0 Å². The van der Waals surface area contributed by atoms with E-state index in [0.717, 1.165) is 51.0 Å². The van der Waals surface area contributed by atoms with Crippen LogP contribution in [0.15, 0.2) is 12.1 Å². The van der Waals surface area contributed by atoms with Gasteiger partial charge in [-0.05, 0) is 37.8 Å². The van der Waals surface area contributed by atoms with E-state index in [9.17, 15) is 5.11 Å². The van der Waals surface area contributed by atoms with Crippen molar-refractivity contribution in [2.24, 2.45) is 0 Å². The van der Waals surface area contributed by atoms with Crippen LogP contribution in [0.5, 0.6) is 0 Å². The van der Waals surface area contributed by atoms with Crippen LogP contribution in [0.4, 0.5) is 5.82 Å². The quantitative estimate of drug-likeness (QED) is 0.880. The predicted octanol–water partition coefficient (Wildman–Crippen LogP) is 1.53. The first-order valence-corrected chi connectivity index (χ1v) is 8.19. The molecule has 2 fully saturated rings. The van der Waals surface area contributed by atoms with Crippen molar-refractivity contribution in [1.29, 1.82) is 5.26 Å². The van der Waals surface area contributed by atoms with Gasteiger partial charge >= 0.3 is 0 Å². The lowest BCUT2D eigenvalue weighted by Crippen LogP contribution is -2.50. The molecule has 2 unspecified atom stereocenters. The fourth-order valence-corrected chi connectivity index (χ4v) is 3.57. The number of nitrogens with one attached hydrogen (secondary N) is 1. The van der Waals surface area contributed by atoms with E-state index < -0.39 is 0 Å². The summed E-state index contributed by atoms with van der Waals surface area (Å²) in [6.07, 6.45) is 6.41. The molecular weight excluding hydrogens is 278 g/mol. The second-order valence-electron chi connectivity index (χ2n) is 6.29. The zero-order valence-corrected chi connectivity index (χ0v) is 12.8. The van der Waals surface area contributed by atoms with Crippen molar-refractivity contribution in [2.75, 3.05) is 18.4 Å². The lowest BCUT2D eigenvalue weighted by Gasteiger charge is -2.41. The molecule has 1 aliphatic carbocycles. The van der Waals surface area contributed by atoms with Crippen LogP contribution in [0.1, 0.15) is 44.2 Å². The van der Waals surface area contributed by atoms with Gasteiger partial charge in [-0.1, -0.05) is 12.8 Å². The number of piperidine rings is 1. The van der Waals surface area contributed by atoms with Gasteiger partial charge in [0, 0.05) is 25.2 Å². The molecule has 0 amide bonds. The summed E-state index contributed by atoms with van der Waals surface area (Å²) in [5.41, 5.74) is 0.339. The van der Waals surface area contributed by atoms with Crippen LogP contribution < -0.4 is 5.32 Å². The van der Waals surface area contributed by atoms with Crippen molar-refractivity contribution in [3.63, 3.8) is 0 Å². The number of aliphatic hydroxyl groups is 1. The predicted molar refractivity (Wildman–Crippen MR) is 83.2 cm³/mol.